The summed E-state index contributed by atoms with van der Waals surface area (Å²) in [5.41, 5.74) is 7.22. The number of unbranched alkanes of at least 4 members (excludes halogenated alkanes) is 2. The summed E-state index contributed by atoms with van der Waals surface area (Å²) in [6.45, 7) is 3.44. The first-order chi connectivity index (χ1) is 11.3. The normalized spacial score (nSPS) is 16.0. The highest BCUT2D eigenvalue weighted by Gasteiger charge is 2.16. The highest BCUT2D eigenvalue weighted by Crippen LogP contribution is 2.30. The van der Waals surface area contributed by atoms with Gasteiger partial charge >= 0.3 is 0 Å². The number of ether oxygens (including phenoxy) is 1. The molecule has 0 aliphatic carbocycles. The third kappa shape index (κ3) is 3.54. The Balaban J connectivity index is 1.96. The number of hydrogen-bond donors (Lipinski definition) is 2. The Morgan fingerprint density at radius 3 is 2.74 bits per heavy atom. The van der Waals surface area contributed by atoms with Gasteiger partial charge in [0.25, 0.3) is 5.91 Å². The molecule has 0 radical (unpaired) electrons. The lowest BCUT2D eigenvalue weighted by Gasteiger charge is -2.11. The molecule has 0 bridgehead atoms. The van der Waals surface area contributed by atoms with E-state index in [1.165, 1.54) is 12.8 Å². The van der Waals surface area contributed by atoms with Crippen LogP contribution in [0.4, 0.5) is 0 Å². The monoisotopic (exact) mass is 310 g/mol. The molecule has 2 aromatic carbocycles. The molecule has 0 aromatic heterocycles. The van der Waals surface area contributed by atoms with Crippen LogP contribution < -0.4 is 15.6 Å². The summed E-state index contributed by atoms with van der Waals surface area (Å²) in [7, 11) is 0. The SMILES string of the molecule is CCCCCOc1cccc2cccc(/C=C3\CNNC3=O)c12. The quantitative estimate of drug-likeness (QED) is 0.635. The molecule has 1 aliphatic heterocycles. The van der Waals surface area contributed by atoms with Gasteiger partial charge in [-0.1, -0.05) is 50.1 Å². The Morgan fingerprint density at radius 2 is 2.00 bits per heavy atom. The maximum Gasteiger partial charge on any atom is 0.262 e. The van der Waals surface area contributed by atoms with Crippen molar-refractivity contribution in [3.63, 3.8) is 0 Å². The van der Waals surface area contributed by atoms with Crippen LogP contribution in [0.15, 0.2) is 42.0 Å². The van der Waals surface area contributed by atoms with E-state index >= 15 is 0 Å². The molecule has 1 saturated heterocycles. The van der Waals surface area contributed by atoms with Gasteiger partial charge < -0.3 is 4.74 Å². The zero-order valence-electron chi connectivity index (χ0n) is 13.4. The van der Waals surface area contributed by atoms with Crippen LogP contribution in [-0.4, -0.2) is 19.1 Å². The zero-order valence-corrected chi connectivity index (χ0v) is 13.4. The number of nitrogens with one attached hydrogen (secondary N) is 2. The summed E-state index contributed by atoms with van der Waals surface area (Å²) in [5, 5.41) is 2.19. The minimum Gasteiger partial charge on any atom is -0.493 e. The molecule has 1 fully saturated rings. The maximum atomic E-state index is 11.8. The van der Waals surface area contributed by atoms with Crippen molar-refractivity contribution >= 4 is 22.8 Å². The van der Waals surface area contributed by atoms with Crippen LogP contribution in [0.3, 0.4) is 0 Å². The largest absolute Gasteiger partial charge is 0.493 e. The summed E-state index contributed by atoms with van der Waals surface area (Å²) >= 11 is 0. The molecule has 2 N–H and O–H groups in total. The van der Waals surface area contributed by atoms with Crippen molar-refractivity contribution in [1.29, 1.82) is 0 Å². The predicted molar refractivity (Wildman–Crippen MR) is 93.1 cm³/mol. The summed E-state index contributed by atoms with van der Waals surface area (Å²) in [6.07, 6.45) is 5.35. The second-order valence-electron chi connectivity index (χ2n) is 5.73. The van der Waals surface area contributed by atoms with Crippen molar-refractivity contribution in [3.05, 3.63) is 47.5 Å². The summed E-state index contributed by atoms with van der Waals surface area (Å²) in [4.78, 5) is 11.8. The number of rotatable bonds is 6. The molecule has 1 heterocycles. The van der Waals surface area contributed by atoms with Crippen molar-refractivity contribution < 1.29 is 9.53 Å². The first-order valence-corrected chi connectivity index (χ1v) is 8.18. The van der Waals surface area contributed by atoms with Gasteiger partial charge in [0.1, 0.15) is 5.75 Å². The van der Waals surface area contributed by atoms with Gasteiger partial charge in [-0.3, -0.25) is 10.2 Å². The topological polar surface area (TPSA) is 50.4 Å². The van der Waals surface area contributed by atoms with Crippen LogP contribution in [0, 0.1) is 0 Å². The van der Waals surface area contributed by atoms with E-state index < -0.39 is 0 Å². The number of benzene rings is 2. The minimum atomic E-state index is -0.0663. The number of carbonyl (C=O) groups excluding carboxylic acids is 1. The lowest BCUT2D eigenvalue weighted by molar-refractivity contribution is -0.116. The van der Waals surface area contributed by atoms with Gasteiger partial charge in [-0.15, -0.1) is 0 Å². The number of fused-ring (bicyclic) bond motifs is 1. The average Bonchev–Trinajstić information content (AvgIpc) is 2.97. The van der Waals surface area contributed by atoms with E-state index in [4.69, 9.17) is 4.74 Å². The highest BCUT2D eigenvalue weighted by molar-refractivity contribution is 6.03. The average molecular weight is 310 g/mol. The van der Waals surface area contributed by atoms with Crippen LogP contribution in [0.2, 0.25) is 0 Å². The van der Waals surface area contributed by atoms with Crippen molar-refractivity contribution in [3.8, 4) is 5.75 Å². The first-order valence-electron chi connectivity index (χ1n) is 8.18. The summed E-state index contributed by atoms with van der Waals surface area (Å²) in [6, 6.07) is 12.2. The molecule has 3 rings (SSSR count). The van der Waals surface area contributed by atoms with E-state index in [2.05, 4.69) is 29.9 Å². The number of hydrazine groups is 1. The van der Waals surface area contributed by atoms with Crippen molar-refractivity contribution in [2.75, 3.05) is 13.2 Å². The van der Waals surface area contributed by atoms with Crippen molar-refractivity contribution in [1.82, 2.24) is 10.9 Å². The Morgan fingerprint density at radius 1 is 1.17 bits per heavy atom. The molecule has 0 unspecified atom stereocenters. The van der Waals surface area contributed by atoms with Gasteiger partial charge in [-0.2, -0.15) is 0 Å². The molecular formula is C19H22N2O2. The lowest BCUT2D eigenvalue weighted by Crippen LogP contribution is -2.25. The van der Waals surface area contributed by atoms with Gasteiger partial charge in [0.15, 0.2) is 0 Å². The summed E-state index contributed by atoms with van der Waals surface area (Å²) < 4.78 is 6.01. The Bertz CT molecular complexity index is 732. The third-order valence-corrected chi connectivity index (χ3v) is 4.01. The number of carbonyl (C=O) groups is 1. The molecule has 0 atom stereocenters. The predicted octanol–water partition coefficient (Wildman–Crippen LogP) is 3.43. The van der Waals surface area contributed by atoms with E-state index in [0.29, 0.717) is 6.54 Å². The van der Waals surface area contributed by atoms with E-state index in [9.17, 15) is 4.79 Å². The number of amides is 1. The smallest absolute Gasteiger partial charge is 0.262 e. The highest BCUT2D eigenvalue weighted by atomic mass is 16.5. The first kappa shape index (κ1) is 15.6. The van der Waals surface area contributed by atoms with Crippen LogP contribution in [0.1, 0.15) is 31.7 Å². The molecule has 0 saturated carbocycles. The Hall–Kier alpha value is -2.33. The molecular weight excluding hydrogens is 288 g/mol. The summed E-state index contributed by atoms with van der Waals surface area (Å²) in [5.74, 6) is 0.820. The van der Waals surface area contributed by atoms with E-state index in [1.807, 2.05) is 30.3 Å². The molecule has 0 spiro atoms. The fraction of sp³-hybridized carbons (Fsp3) is 0.316. The van der Waals surface area contributed by atoms with Gasteiger partial charge in [0.2, 0.25) is 0 Å². The molecule has 23 heavy (non-hydrogen) atoms. The van der Waals surface area contributed by atoms with Gasteiger partial charge in [0.05, 0.1) is 6.61 Å². The minimum absolute atomic E-state index is 0.0663. The van der Waals surface area contributed by atoms with Crippen molar-refractivity contribution in [2.45, 2.75) is 26.2 Å². The fourth-order valence-corrected chi connectivity index (χ4v) is 2.79. The zero-order chi connectivity index (χ0) is 16.1. The Kier molecular flexibility index (Phi) is 4.93. The van der Waals surface area contributed by atoms with Gasteiger partial charge in [0, 0.05) is 17.5 Å². The van der Waals surface area contributed by atoms with Crippen LogP contribution in [-0.2, 0) is 4.79 Å². The number of hydrogen-bond acceptors (Lipinski definition) is 3. The molecule has 4 nitrogen and oxygen atoms in total. The fourth-order valence-electron chi connectivity index (χ4n) is 2.79. The Labute approximate surface area is 136 Å². The lowest BCUT2D eigenvalue weighted by atomic mass is 10.0. The standard InChI is InChI=1S/C19H22N2O2/c1-2-3-4-11-23-17-10-6-8-14-7-5-9-15(18(14)17)12-16-13-20-21-19(16)22/h5-10,12,20H,2-4,11,13H2,1H3,(H,21,22)/b16-12+. The van der Waals surface area contributed by atoms with Gasteiger partial charge in [-0.05, 0) is 29.5 Å². The maximum absolute atomic E-state index is 11.8. The van der Waals surface area contributed by atoms with E-state index in [1.54, 1.807) is 0 Å². The van der Waals surface area contributed by atoms with Crippen LogP contribution >= 0.6 is 0 Å². The molecule has 1 amide bonds. The van der Waals surface area contributed by atoms with Crippen molar-refractivity contribution in [2.24, 2.45) is 0 Å². The molecule has 2 aromatic rings. The molecule has 4 heteroatoms. The van der Waals surface area contributed by atoms with Gasteiger partial charge in [-0.25, -0.2) is 5.43 Å². The second kappa shape index (κ2) is 7.29. The van der Waals surface area contributed by atoms with E-state index in [-0.39, 0.29) is 5.91 Å². The van der Waals surface area contributed by atoms with Crippen LogP contribution in [0.25, 0.3) is 16.8 Å². The molecule has 1 aliphatic rings. The van der Waals surface area contributed by atoms with E-state index in [0.717, 1.165) is 40.7 Å². The second-order valence-corrected chi connectivity index (χ2v) is 5.73. The molecule has 120 valence electrons. The third-order valence-electron chi connectivity index (χ3n) is 4.01. The van der Waals surface area contributed by atoms with Crippen LogP contribution in [0.5, 0.6) is 5.75 Å².